The van der Waals surface area contributed by atoms with Crippen LogP contribution in [0.25, 0.3) is 0 Å². The van der Waals surface area contributed by atoms with Gasteiger partial charge >= 0.3 is 6.18 Å². The van der Waals surface area contributed by atoms with Crippen LogP contribution in [-0.2, 0) is 6.18 Å². The van der Waals surface area contributed by atoms with E-state index >= 15 is 0 Å². The highest BCUT2D eigenvalue weighted by molar-refractivity contribution is 5.94. The minimum Gasteiger partial charge on any atom is -0.338 e. The van der Waals surface area contributed by atoms with Crippen LogP contribution in [0.15, 0.2) is 48.5 Å². The van der Waals surface area contributed by atoms with Crippen molar-refractivity contribution in [1.29, 1.82) is 0 Å². The number of amides is 1. The van der Waals surface area contributed by atoms with Crippen molar-refractivity contribution in [2.24, 2.45) is 5.92 Å². The molecule has 0 unspecified atom stereocenters. The number of nitrogens with zero attached hydrogens (tertiary/aromatic N) is 2. The van der Waals surface area contributed by atoms with Crippen LogP contribution in [0.2, 0.25) is 0 Å². The number of hydrogen-bond donors (Lipinski definition) is 0. The predicted octanol–water partition coefficient (Wildman–Crippen LogP) is 4.80. The van der Waals surface area contributed by atoms with Crippen molar-refractivity contribution in [2.75, 3.05) is 32.7 Å². The Bertz CT molecular complexity index is 908. The van der Waals surface area contributed by atoms with E-state index < -0.39 is 17.6 Å². The van der Waals surface area contributed by atoms with E-state index in [1.54, 1.807) is 17.0 Å². The van der Waals surface area contributed by atoms with E-state index in [0.717, 1.165) is 38.5 Å². The molecule has 2 aromatic rings. The lowest BCUT2D eigenvalue weighted by molar-refractivity contribution is -0.137. The zero-order valence-corrected chi connectivity index (χ0v) is 16.5. The van der Waals surface area contributed by atoms with Crippen LogP contribution < -0.4 is 0 Å². The second kappa shape index (κ2) is 8.38. The van der Waals surface area contributed by atoms with Gasteiger partial charge in [0.15, 0.2) is 0 Å². The molecule has 0 radical (unpaired) electrons. The van der Waals surface area contributed by atoms with E-state index in [9.17, 15) is 22.4 Å². The Morgan fingerprint density at radius 3 is 2.43 bits per heavy atom. The summed E-state index contributed by atoms with van der Waals surface area (Å²) in [6, 6.07) is 11.0. The van der Waals surface area contributed by atoms with Gasteiger partial charge in [-0.3, -0.25) is 4.79 Å². The molecule has 4 rings (SSSR count). The Labute approximate surface area is 173 Å². The van der Waals surface area contributed by atoms with Crippen molar-refractivity contribution in [2.45, 2.75) is 24.9 Å². The quantitative estimate of drug-likeness (QED) is 0.664. The van der Waals surface area contributed by atoms with Crippen molar-refractivity contribution < 1.29 is 22.4 Å². The molecule has 7 heteroatoms. The second-order valence-electron chi connectivity index (χ2n) is 8.22. The van der Waals surface area contributed by atoms with Gasteiger partial charge in [0.25, 0.3) is 5.91 Å². The lowest BCUT2D eigenvalue weighted by Gasteiger charge is -2.24. The topological polar surface area (TPSA) is 23.6 Å². The molecule has 160 valence electrons. The average molecular weight is 420 g/mol. The minimum atomic E-state index is -4.41. The van der Waals surface area contributed by atoms with Crippen LogP contribution in [0.5, 0.6) is 0 Å². The Balaban J connectivity index is 1.60. The lowest BCUT2D eigenvalue weighted by Crippen LogP contribution is -2.32. The molecule has 2 atom stereocenters. The highest BCUT2D eigenvalue weighted by atomic mass is 19.4. The van der Waals surface area contributed by atoms with Gasteiger partial charge in [-0.1, -0.05) is 24.3 Å². The maximum atomic E-state index is 13.6. The van der Waals surface area contributed by atoms with Gasteiger partial charge in [0, 0.05) is 31.1 Å². The smallest absolute Gasteiger partial charge is 0.338 e. The van der Waals surface area contributed by atoms with Crippen LogP contribution >= 0.6 is 0 Å². The van der Waals surface area contributed by atoms with E-state index in [4.69, 9.17) is 0 Å². The van der Waals surface area contributed by atoms with Gasteiger partial charge in [-0.2, -0.15) is 13.2 Å². The SMILES string of the molecule is O=C(c1cccc(F)c1)N1C[C@H](CN2CCCC2)[C@@H](c2cccc(C(F)(F)F)c2)C1. The van der Waals surface area contributed by atoms with Crippen molar-refractivity contribution in [1.82, 2.24) is 9.80 Å². The first-order valence-electron chi connectivity index (χ1n) is 10.3. The monoisotopic (exact) mass is 420 g/mol. The maximum Gasteiger partial charge on any atom is 0.416 e. The number of benzene rings is 2. The van der Waals surface area contributed by atoms with Crippen molar-refractivity contribution in [3.63, 3.8) is 0 Å². The third-order valence-electron chi connectivity index (χ3n) is 6.13. The fraction of sp³-hybridized carbons (Fsp3) is 0.435. The van der Waals surface area contributed by atoms with Gasteiger partial charge in [0.05, 0.1) is 5.56 Å². The molecule has 3 nitrogen and oxygen atoms in total. The van der Waals surface area contributed by atoms with Gasteiger partial charge in [-0.15, -0.1) is 0 Å². The van der Waals surface area contributed by atoms with E-state index in [2.05, 4.69) is 4.90 Å². The standard InChI is InChI=1S/C23H24F4N2O/c24-20-8-4-6-17(12-20)22(30)29-14-18(13-28-9-1-2-10-28)21(15-29)16-5-3-7-19(11-16)23(25,26)27/h3-8,11-12,18,21H,1-2,9-10,13-15H2/t18-,21+/m0/s1. The van der Waals surface area contributed by atoms with Crippen LogP contribution in [0.4, 0.5) is 17.6 Å². The van der Waals surface area contributed by atoms with Gasteiger partial charge in [0.2, 0.25) is 0 Å². The molecule has 0 aromatic heterocycles. The largest absolute Gasteiger partial charge is 0.416 e. The number of rotatable bonds is 4. The highest BCUT2D eigenvalue weighted by Gasteiger charge is 2.39. The average Bonchev–Trinajstić information content (AvgIpc) is 3.37. The van der Waals surface area contributed by atoms with Gasteiger partial charge < -0.3 is 9.80 Å². The fourth-order valence-corrected chi connectivity index (χ4v) is 4.65. The molecule has 0 aliphatic carbocycles. The predicted molar refractivity (Wildman–Crippen MR) is 106 cm³/mol. The second-order valence-corrected chi connectivity index (χ2v) is 8.22. The number of alkyl halides is 3. The first-order chi connectivity index (χ1) is 14.3. The molecule has 2 aromatic carbocycles. The van der Waals surface area contributed by atoms with Crippen LogP contribution in [0.1, 0.15) is 40.2 Å². The minimum absolute atomic E-state index is 0.0316. The number of hydrogen-bond acceptors (Lipinski definition) is 2. The van der Waals surface area contributed by atoms with Gasteiger partial charge in [0.1, 0.15) is 5.82 Å². The maximum absolute atomic E-state index is 13.6. The zero-order chi connectivity index (χ0) is 21.3. The third kappa shape index (κ3) is 4.51. The number of likely N-dealkylation sites (tertiary alicyclic amines) is 2. The molecule has 2 aliphatic rings. The summed E-state index contributed by atoms with van der Waals surface area (Å²) in [6.45, 7) is 3.48. The molecule has 2 heterocycles. The summed E-state index contributed by atoms with van der Waals surface area (Å²) in [6.07, 6.45) is -2.17. The van der Waals surface area contributed by atoms with Crippen LogP contribution in [-0.4, -0.2) is 48.4 Å². The fourth-order valence-electron chi connectivity index (χ4n) is 4.65. The van der Waals surface area contributed by atoms with Gasteiger partial charge in [-0.25, -0.2) is 4.39 Å². The Hall–Kier alpha value is -2.41. The molecule has 0 spiro atoms. The summed E-state index contributed by atoms with van der Waals surface area (Å²) in [5, 5.41) is 0. The van der Waals surface area contributed by atoms with E-state index in [-0.39, 0.29) is 23.3 Å². The number of carbonyl (C=O) groups excluding carboxylic acids is 1. The molecular weight excluding hydrogens is 396 g/mol. The Morgan fingerprint density at radius 2 is 1.73 bits per heavy atom. The first-order valence-corrected chi connectivity index (χ1v) is 10.3. The summed E-state index contributed by atoms with van der Waals surface area (Å²) in [5.41, 5.74) is 0.193. The van der Waals surface area contributed by atoms with Crippen molar-refractivity contribution >= 4 is 5.91 Å². The summed E-state index contributed by atoms with van der Waals surface area (Å²) in [7, 11) is 0. The zero-order valence-electron chi connectivity index (χ0n) is 16.5. The molecule has 0 N–H and O–H groups in total. The molecule has 2 fully saturated rings. The number of halogens is 4. The summed E-state index contributed by atoms with van der Waals surface area (Å²) in [4.78, 5) is 16.9. The molecule has 2 saturated heterocycles. The molecular formula is C23H24F4N2O. The first kappa shape index (κ1) is 20.8. The number of carbonyl (C=O) groups is 1. The van der Waals surface area contributed by atoms with Crippen LogP contribution in [0, 0.1) is 11.7 Å². The third-order valence-corrected chi connectivity index (χ3v) is 6.13. The van der Waals surface area contributed by atoms with Gasteiger partial charge in [-0.05, 0) is 61.7 Å². The molecule has 0 bridgehead atoms. The summed E-state index contributed by atoms with van der Waals surface area (Å²) >= 11 is 0. The van der Waals surface area contributed by atoms with E-state index in [0.29, 0.717) is 18.7 Å². The molecule has 1 amide bonds. The Kier molecular flexibility index (Phi) is 5.82. The molecule has 30 heavy (non-hydrogen) atoms. The Morgan fingerprint density at radius 1 is 1.00 bits per heavy atom. The van der Waals surface area contributed by atoms with E-state index in [1.165, 1.54) is 30.3 Å². The van der Waals surface area contributed by atoms with Crippen LogP contribution in [0.3, 0.4) is 0 Å². The summed E-state index contributed by atoms with van der Waals surface area (Å²) < 4.78 is 53.3. The van der Waals surface area contributed by atoms with Crippen molar-refractivity contribution in [3.8, 4) is 0 Å². The summed E-state index contributed by atoms with van der Waals surface area (Å²) in [5.74, 6) is -0.923. The normalized spacial score (nSPS) is 22.6. The van der Waals surface area contributed by atoms with E-state index in [1.807, 2.05) is 0 Å². The lowest BCUT2D eigenvalue weighted by atomic mass is 9.87. The molecule has 0 saturated carbocycles. The van der Waals surface area contributed by atoms with Crippen molar-refractivity contribution in [3.05, 3.63) is 71.0 Å². The molecule has 2 aliphatic heterocycles. The highest BCUT2D eigenvalue weighted by Crippen LogP contribution is 2.37.